The molecule has 0 atom stereocenters. The summed E-state index contributed by atoms with van der Waals surface area (Å²) in [5.74, 6) is 0. The molecule has 1 nitrogen and oxygen atoms in total. The molecule has 0 aromatic rings. The van der Waals surface area contributed by atoms with Gasteiger partial charge in [0.2, 0.25) is 0 Å². The van der Waals surface area contributed by atoms with E-state index in [2.05, 4.69) is 0 Å². The Morgan fingerprint density at radius 1 is 1.33 bits per heavy atom. The van der Waals surface area contributed by atoms with Crippen LogP contribution >= 0.6 is 24.0 Å². The van der Waals surface area contributed by atoms with Gasteiger partial charge >= 0.3 is 27.3 Å². The summed E-state index contributed by atoms with van der Waals surface area (Å²) in [5, 5.41) is 0. The molecule has 2 radical (unpaired) electrons. The van der Waals surface area contributed by atoms with Gasteiger partial charge in [0.25, 0.3) is 0 Å². The van der Waals surface area contributed by atoms with E-state index in [1.54, 1.807) is 12.5 Å². The summed E-state index contributed by atoms with van der Waals surface area (Å²) in [6.07, 6.45) is 3.28. The Morgan fingerprint density at radius 2 is 1.33 bits per heavy atom. The van der Waals surface area contributed by atoms with Crippen LogP contribution in [0.25, 0.3) is 0 Å². The summed E-state index contributed by atoms with van der Waals surface area (Å²) >= 11 is 0. The minimum atomic E-state index is -0.611. The van der Waals surface area contributed by atoms with E-state index in [1.165, 1.54) is 0 Å². The third kappa shape index (κ3) is 41.2. The standard InChI is InChI=1S/C2H6OS.HI.Pb.2H/c1-4(2)3;;;;/h1-2H3;1H;;;. The van der Waals surface area contributed by atoms with E-state index < -0.39 is 10.8 Å². The number of hydrogen-bond acceptors (Lipinski definition) is 1. The van der Waals surface area contributed by atoms with Crippen LogP contribution in [0, 0.1) is 0 Å². The normalized spacial score (nSPS) is 5.83. The van der Waals surface area contributed by atoms with Crippen LogP contribution in [0.15, 0.2) is 0 Å². The van der Waals surface area contributed by atoms with Gasteiger partial charge in [0.1, 0.15) is 0 Å². The second kappa shape index (κ2) is 9.93. The zero-order chi connectivity index (χ0) is 3.58. The van der Waals surface area contributed by atoms with Crippen LogP contribution in [0.3, 0.4) is 0 Å². The van der Waals surface area contributed by atoms with Gasteiger partial charge in [0.05, 0.1) is 0 Å². The van der Waals surface area contributed by atoms with Gasteiger partial charge in [-0.3, -0.25) is 4.21 Å². The number of hydrogen-bond donors (Lipinski definition) is 0. The van der Waals surface area contributed by atoms with Crippen molar-refractivity contribution in [2.45, 2.75) is 0 Å². The van der Waals surface area contributed by atoms with Gasteiger partial charge in [-0.25, -0.2) is 0 Å². The van der Waals surface area contributed by atoms with Crippen LogP contribution in [-0.2, 0) is 10.8 Å². The molecule has 0 rings (SSSR count). The second-order valence-electron chi connectivity index (χ2n) is 0.742. The average Bonchev–Trinajstić information content (AvgIpc) is 0.811. The van der Waals surface area contributed by atoms with E-state index in [9.17, 15) is 4.21 Å². The first-order chi connectivity index (χ1) is 1.73. The predicted molar refractivity (Wildman–Crippen MR) is 43.9 cm³/mol. The molecule has 0 unspecified atom stereocenters. The number of rotatable bonds is 0. The molecule has 0 fully saturated rings. The van der Waals surface area contributed by atoms with E-state index >= 15 is 0 Å². The summed E-state index contributed by atoms with van der Waals surface area (Å²) in [6, 6.07) is 0. The average molecular weight is 415 g/mol. The molecule has 0 saturated heterocycles. The van der Waals surface area contributed by atoms with Gasteiger partial charge in [-0.1, -0.05) is 0 Å². The van der Waals surface area contributed by atoms with Gasteiger partial charge in [0, 0.05) is 23.3 Å². The van der Waals surface area contributed by atoms with Crippen molar-refractivity contribution in [1.29, 1.82) is 0 Å². The fourth-order valence-corrected chi connectivity index (χ4v) is 0. The Labute approximate surface area is 77.9 Å². The van der Waals surface area contributed by atoms with E-state index in [0.717, 1.165) is 0 Å². The molecular formula is C2H9IOPbS. The number of halogens is 1. The van der Waals surface area contributed by atoms with Gasteiger partial charge in [0.15, 0.2) is 0 Å². The Hall–Kier alpha value is 1.80. The topological polar surface area (TPSA) is 17.1 Å². The first kappa shape index (κ1) is 15.7. The van der Waals surface area contributed by atoms with Crippen molar-refractivity contribution in [2.24, 2.45) is 0 Å². The molecule has 0 aromatic carbocycles. The fourth-order valence-electron chi connectivity index (χ4n) is 0. The van der Waals surface area contributed by atoms with Crippen LogP contribution in [0.1, 0.15) is 0 Å². The molecule has 0 aromatic heterocycles. The molecule has 0 aliphatic carbocycles. The molecule has 0 spiro atoms. The monoisotopic (exact) mass is 416 g/mol. The van der Waals surface area contributed by atoms with Gasteiger partial charge < -0.3 is 0 Å². The molecule has 0 heterocycles. The second-order valence-corrected chi connectivity index (χ2v) is 2.22. The predicted octanol–water partition coefficient (Wildman–Crippen LogP) is -0.303. The fraction of sp³-hybridized carbons (Fsp3) is 1.00. The summed E-state index contributed by atoms with van der Waals surface area (Å²) in [6.45, 7) is 0. The first-order valence-electron chi connectivity index (χ1n) is 0.983. The van der Waals surface area contributed by atoms with Crippen molar-refractivity contribution >= 4 is 62.1 Å². The van der Waals surface area contributed by atoms with E-state index in [4.69, 9.17) is 0 Å². The minimum absolute atomic E-state index is 0. The van der Waals surface area contributed by atoms with E-state index in [0.29, 0.717) is 0 Å². The Morgan fingerprint density at radius 3 is 1.33 bits per heavy atom. The maximum atomic E-state index is 9.56. The van der Waals surface area contributed by atoms with Crippen LogP contribution < -0.4 is 0 Å². The molecule has 6 heavy (non-hydrogen) atoms. The third-order valence-corrected chi connectivity index (χ3v) is 0. The molecule has 0 aliphatic heterocycles. The third-order valence-electron chi connectivity index (χ3n) is 0. The SMILES string of the molecule is CS(C)=O.I.[PbH2]. The Balaban J connectivity index is -0.0000000450. The van der Waals surface area contributed by atoms with Crippen molar-refractivity contribution in [1.82, 2.24) is 0 Å². The van der Waals surface area contributed by atoms with E-state index in [-0.39, 0.29) is 51.3 Å². The molecule has 0 saturated carbocycles. The van der Waals surface area contributed by atoms with Gasteiger partial charge in [-0.2, -0.15) is 0 Å². The van der Waals surface area contributed by atoms with Crippen molar-refractivity contribution in [2.75, 3.05) is 12.5 Å². The molecule has 4 heteroatoms. The first-order valence-corrected chi connectivity index (χ1v) is 2.95. The maximum absolute atomic E-state index is 9.56. The summed E-state index contributed by atoms with van der Waals surface area (Å²) in [7, 11) is -0.611. The Kier molecular flexibility index (Phi) is 25.9. The zero-order valence-electron chi connectivity index (χ0n) is 3.93. The van der Waals surface area contributed by atoms with Crippen molar-refractivity contribution in [3.05, 3.63) is 0 Å². The van der Waals surface area contributed by atoms with Crippen LogP contribution in [0.5, 0.6) is 0 Å². The summed E-state index contributed by atoms with van der Waals surface area (Å²) < 4.78 is 9.56. The van der Waals surface area contributed by atoms with Gasteiger partial charge in [-0.15, -0.1) is 24.0 Å². The quantitative estimate of drug-likeness (QED) is 0.392. The summed E-state index contributed by atoms with van der Waals surface area (Å²) in [5.41, 5.74) is 0. The molecule has 0 bridgehead atoms. The van der Waals surface area contributed by atoms with Crippen molar-refractivity contribution in [3.8, 4) is 0 Å². The molecule has 40 valence electrons. The van der Waals surface area contributed by atoms with Crippen molar-refractivity contribution in [3.63, 3.8) is 0 Å². The molecule has 0 amide bonds. The zero-order valence-corrected chi connectivity index (χ0v) is 12.6. The van der Waals surface area contributed by atoms with Crippen LogP contribution in [0.2, 0.25) is 0 Å². The molecule has 0 aliphatic rings. The van der Waals surface area contributed by atoms with Crippen LogP contribution in [-0.4, -0.2) is 44.0 Å². The van der Waals surface area contributed by atoms with Gasteiger partial charge in [-0.05, 0) is 0 Å². The Bertz CT molecular complexity index is 36.5. The van der Waals surface area contributed by atoms with Crippen LogP contribution in [0.4, 0.5) is 0 Å². The molecular weight excluding hydrogens is 406 g/mol. The summed E-state index contributed by atoms with van der Waals surface area (Å²) in [4.78, 5) is 0. The van der Waals surface area contributed by atoms with Crippen molar-refractivity contribution < 1.29 is 4.21 Å². The molecule has 0 N–H and O–H groups in total. The van der Waals surface area contributed by atoms with E-state index in [1.807, 2.05) is 0 Å².